The van der Waals surface area contributed by atoms with Crippen LogP contribution in [-0.2, 0) is 0 Å². The zero-order chi connectivity index (χ0) is 96.2. The van der Waals surface area contributed by atoms with Gasteiger partial charge in [0.1, 0.15) is 24.2 Å². The van der Waals surface area contributed by atoms with Crippen LogP contribution < -0.4 is 29.4 Å². The second kappa shape index (κ2) is 32.6. The molecule has 6 unspecified atom stereocenters. The SMILES string of the molecule is c1ccc2c(c1)-c1[nH]ccc1C1c3cccn3-c3ccccc3N21.c1ccc2c(c1)-c1c[nH]cc1C1c3cccn3-c3ccccc3N21.c1ccc2c(c1)-c1cc[nH]c1C1c3cccn3-c3ccccc3N21.c1ccc2c(c1)-c1ccccc1N1c3ccccc3-c3[nH]ccc3C21.c1ccc2c(c1)-c1ccccc1N1c3ccccc3-c3c[nH]cc3C21.c1ccc2c(c1)-c1ccccc1N1c3ccccc3-c3cc[nH]c3C21. The Labute approximate surface area is 849 Å². The van der Waals surface area contributed by atoms with Crippen molar-refractivity contribution in [1.29, 1.82) is 0 Å². The molecule has 0 fully saturated rings. The molecular formula is C132H93N15. The number of H-pyrrole nitrogens is 6. The lowest BCUT2D eigenvalue weighted by atomic mass is 9.80. The number of nitrogens with one attached hydrogen (secondary N) is 6. The van der Waals surface area contributed by atoms with Crippen molar-refractivity contribution in [2.24, 2.45) is 0 Å². The molecule has 36 rings (SSSR count). The third-order valence-corrected chi connectivity index (χ3v) is 32.1. The Balaban J connectivity index is 0.0000000799. The predicted octanol–water partition coefficient (Wildman–Crippen LogP) is 32.8. The van der Waals surface area contributed by atoms with Crippen molar-refractivity contribution in [2.75, 3.05) is 29.4 Å². The quantitative estimate of drug-likeness (QED) is 0.0897. The summed E-state index contributed by atoms with van der Waals surface area (Å²) < 4.78 is 6.96. The Morgan fingerprint density at radius 1 is 0.143 bits per heavy atom. The molecule has 0 spiro atoms. The van der Waals surface area contributed by atoms with E-state index in [1.807, 2.05) is 0 Å². The molecule has 0 radical (unpaired) electrons. The van der Waals surface area contributed by atoms with E-state index in [2.05, 4.69) is 566 Å². The molecule has 147 heavy (non-hydrogen) atoms. The third kappa shape index (κ3) is 12.1. The van der Waals surface area contributed by atoms with Gasteiger partial charge in [-0.3, -0.25) is 0 Å². The molecule has 21 heterocycles. The number of anilines is 12. The van der Waals surface area contributed by atoms with Gasteiger partial charge in [-0.1, -0.05) is 273 Å². The van der Waals surface area contributed by atoms with Crippen molar-refractivity contribution in [3.8, 4) is 117 Å². The number of hydrogen-bond acceptors (Lipinski definition) is 6. The topological polar surface area (TPSA) is 129 Å². The number of hydrogen-bond donors (Lipinski definition) is 6. The number of fused-ring (bicyclic) bond motifs is 66. The predicted molar refractivity (Wildman–Crippen MR) is 594 cm³/mol. The fourth-order valence-corrected chi connectivity index (χ4v) is 26.3. The molecule has 12 aliphatic heterocycles. The van der Waals surface area contributed by atoms with Crippen molar-refractivity contribution < 1.29 is 0 Å². The van der Waals surface area contributed by atoms with E-state index in [1.54, 1.807) is 0 Å². The minimum absolute atomic E-state index is 0.176. The number of aromatic nitrogens is 9. The van der Waals surface area contributed by atoms with E-state index in [0.717, 1.165) is 0 Å². The molecule has 15 heteroatoms. The maximum absolute atomic E-state index is 3.53. The van der Waals surface area contributed by atoms with Crippen molar-refractivity contribution in [3.63, 3.8) is 0 Å². The zero-order valence-corrected chi connectivity index (χ0v) is 79.8. The molecule has 0 saturated carbocycles. The third-order valence-electron chi connectivity index (χ3n) is 32.1. The average Bonchev–Trinajstić information content (AvgIpc) is 1.47. The molecule has 0 aliphatic carbocycles. The van der Waals surface area contributed by atoms with Gasteiger partial charge in [0.25, 0.3) is 0 Å². The van der Waals surface area contributed by atoms with E-state index in [-0.39, 0.29) is 36.3 Å². The molecule has 6 atom stereocenters. The highest BCUT2D eigenvalue weighted by molar-refractivity contribution is 6.03. The molecule has 0 amide bonds. The number of rotatable bonds is 0. The van der Waals surface area contributed by atoms with Gasteiger partial charge in [-0.15, -0.1) is 0 Å². The summed E-state index contributed by atoms with van der Waals surface area (Å²) in [5.74, 6) is 0. The van der Waals surface area contributed by atoms with Gasteiger partial charge in [0.05, 0.1) is 115 Å². The van der Waals surface area contributed by atoms with Gasteiger partial charge in [0.15, 0.2) is 0 Å². The minimum atomic E-state index is 0.176. The highest BCUT2D eigenvalue weighted by atomic mass is 15.3. The maximum Gasteiger partial charge on any atom is 0.115 e. The van der Waals surface area contributed by atoms with Gasteiger partial charge in [-0.25, -0.2) is 0 Å². The fraction of sp³-hybridized carbons (Fsp3) is 0.0455. The fourth-order valence-electron chi connectivity index (χ4n) is 26.3. The lowest BCUT2D eigenvalue weighted by molar-refractivity contribution is 0.709. The Hall–Kier alpha value is -19.4. The first-order chi connectivity index (χ1) is 73.1. The molecule has 12 aliphatic rings. The average molecular weight is 1890 g/mol. The molecule has 696 valence electrons. The van der Waals surface area contributed by atoms with Gasteiger partial charge < -0.3 is 73.0 Å². The van der Waals surface area contributed by atoms with Crippen LogP contribution in [0.3, 0.4) is 0 Å². The normalized spacial score (nSPS) is 16.5. The van der Waals surface area contributed by atoms with Crippen LogP contribution in [0.4, 0.5) is 68.2 Å². The molecule has 6 N–H and O–H groups in total. The largest absolute Gasteiger partial charge is 0.367 e. The second-order valence-corrected chi connectivity index (χ2v) is 39.3. The van der Waals surface area contributed by atoms with Crippen LogP contribution >= 0.6 is 0 Å². The number of benzene rings is 15. The standard InChI is InChI=1S/3C23H16N2.3C21H15N3/c1-2-10-18-15(7-1)16-8-3-5-11-21(16)25-22-12-6-4-9-17(22)19-13-24-14-20(19)23(18)25;1-2-10-19-15(7-1)16-8-3-5-11-20(16)25-21-12-6-4-9-17(21)18-13-14-24-22(18)23(19)25;1-2-9-17-15(7-1)16-8-3-5-11-20(16)25-21-12-6-4-10-18(21)22-19(23(17)25)13-14-24-22;1-2-7-16-14(6-1)20-15(11-12-22-20)21-19-10-5-13-23(19)17-8-3-4-9-18(17)24(16)21;1-2-7-16-14(6-1)15-11-12-22-20(15)21-19-10-5-13-23(19)17-8-3-4-9-18(17)24(16)21;1-2-7-17-14(6-1)15-12-22-13-16(15)21-20-10-5-11-23(20)18-8-3-4-9-19(18)24(17)21/h3*1-14,23-24H;3*1-13,21-22H. The summed E-state index contributed by atoms with van der Waals surface area (Å²) in [6.45, 7) is 0. The van der Waals surface area contributed by atoms with E-state index in [1.165, 1.54) is 253 Å². The number of para-hydroxylation sites is 15. The molecule has 0 bridgehead atoms. The maximum atomic E-state index is 3.53. The first-order valence-corrected chi connectivity index (χ1v) is 50.8. The Kier molecular flexibility index (Phi) is 18.3. The van der Waals surface area contributed by atoms with Crippen LogP contribution in [0.5, 0.6) is 0 Å². The van der Waals surface area contributed by atoms with Crippen LogP contribution in [0.15, 0.2) is 493 Å². The highest BCUT2D eigenvalue weighted by Gasteiger charge is 2.47. The molecule has 9 aromatic heterocycles. The van der Waals surface area contributed by atoms with Crippen LogP contribution in [0.25, 0.3) is 117 Å². The summed E-state index contributed by atoms with van der Waals surface area (Å²) in [6, 6.07) is 154. The van der Waals surface area contributed by atoms with Gasteiger partial charge in [0, 0.05) is 185 Å². The van der Waals surface area contributed by atoms with Gasteiger partial charge in [-0.05, 0) is 185 Å². The molecule has 24 aromatic rings. The molecular weight excluding hydrogens is 1800 g/mol. The number of aromatic amines is 6. The van der Waals surface area contributed by atoms with Gasteiger partial charge in [-0.2, -0.15) is 0 Å². The van der Waals surface area contributed by atoms with Crippen molar-refractivity contribution in [1.82, 2.24) is 43.6 Å². The van der Waals surface area contributed by atoms with E-state index >= 15 is 0 Å². The van der Waals surface area contributed by atoms with Crippen LogP contribution in [0.2, 0.25) is 0 Å². The summed E-state index contributed by atoms with van der Waals surface area (Å²) in [5, 5.41) is 0. The summed E-state index contributed by atoms with van der Waals surface area (Å²) in [4.78, 5) is 35.6. The Morgan fingerprint density at radius 3 is 0.755 bits per heavy atom. The lowest BCUT2D eigenvalue weighted by Gasteiger charge is -2.44. The lowest BCUT2D eigenvalue weighted by Crippen LogP contribution is -2.34. The van der Waals surface area contributed by atoms with Crippen LogP contribution in [-0.4, -0.2) is 43.6 Å². The minimum Gasteiger partial charge on any atom is -0.367 e. The summed E-state index contributed by atoms with van der Waals surface area (Å²) in [5.41, 5.74) is 58.2. The van der Waals surface area contributed by atoms with Crippen molar-refractivity contribution in [2.45, 2.75) is 36.3 Å². The zero-order valence-electron chi connectivity index (χ0n) is 79.8. The number of nitrogens with zero attached hydrogens (tertiary/aromatic N) is 9. The first-order valence-electron chi connectivity index (χ1n) is 50.8. The smallest absolute Gasteiger partial charge is 0.115 e. The second-order valence-electron chi connectivity index (χ2n) is 39.3. The molecule has 15 aromatic carbocycles. The highest BCUT2D eigenvalue weighted by Crippen LogP contribution is 2.64. The van der Waals surface area contributed by atoms with E-state index in [0.29, 0.717) is 0 Å². The molecule has 15 nitrogen and oxygen atoms in total. The van der Waals surface area contributed by atoms with E-state index < -0.39 is 0 Å². The van der Waals surface area contributed by atoms with E-state index in [9.17, 15) is 0 Å². The van der Waals surface area contributed by atoms with E-state index in [4.69, 9.17) is 0 Å². The Bertz CT molecular complexity index is 8280. The van der Waals surface area contributed by atoms with Crippen molar-refractivity contribution >= 4 is 68.2 Å². The summed E-state index contributed by atoms with van der Waals surface area (Å²) in [7, 11) is 0. The van der Waals surface area contributed by atoms with Crippen molar-refractivity contribution in [3.05, 3.63) is 560 Å². The van der Waals surface area contributed by atoms with Gasteiger partial charge >= 0.3 is 0 Å². The monoisotopic (exact) mass is 1890 g/mol. The summed E-state index contributed by atoms with van der Waals surface area (Å²) >= 11 is 0. The Morgan fingerprint density at radius 2 is 0.381 bits per heavy atom. The first kappa shape index (κ1) is 82.4. The molecule has 0 saturated heterocycles. The summed E-state index contributed by atoms with van der Waals surface area (Å²) in [6.07, 6.45) is 23.3. The van der Waals surface area contributed by atoms with Crippen LogP contribution in [0.1, 0.15) is 104 Å². The van der Waals surface area contributed by atoms with Crippen LogP contribution in [0, 0.1) is 0 Å². The van der Waals surface area contributed by atoms with Gasteiger partial charge in [0.2, 0.25) is 0 Å².